The number of carbonyl (C=O) groups is 1. The molecule has 200 valence electrons. The molecule has 0 saturated heterocycles. The van der Waals surface area contributed by atoms with Gasteiger partial charge >= 0.3 is 5.97 Å². The molecule has 0 aliphatic heterocycles. The maximum Gasteiger partial charge on any atom is 0.341 e. The van der Waals surface area contributed by atoms with Gasteiger partial charge in [-0.25, -0.2) is 18.2 Å². The number of carboxylic acids is 1. The Morgan fingerprint density at radius 2 is 1.82 bits per heavy atom. The molecule has 12 nitrogen and oxygen atoms in total. The fraction of sp³-hybridized carbons (Fsp3) is 0.250. The average Bonchev–Trinajstić information content (AvgIpc) is 3.33. The number of carboxylic acid groups (broad SMARTS) is 1. The molecule has 2 N–H and O–H groups in total. The largest absolute Gasteiger partial charge is 0.496 e. The molecule has 14 heteroatoms. The molecule has 0 bridgehead atoms. The van der Waals surface area contributed by atoms with Gasteiger partial charge in [-0.15, -0.1) is 0 Å². The van der Waals surface area contributed by atoms with E-state index < -0.39 is 33.2 Å². The van der Waals surface area contributed by atoms with E-state index in [-0.39, 0.29) is 43.5 Å². The van der Waals surface area contributed by atoms with Crippen LogP contribution in [0.2, 0.25) is 0 Å². The van der Waals surface area contributed by atoms with Gasteiger partial charge in [-0.2, -0.15) is 4.98 Å². The normalized spacial score (nSPS) is 12.3. The maximum absolute atomic E-state index is 13.5. The number of rotatable bonds is 10. The minimum Gasteiger partial charge on any atom is -0.496 e. The zero-order chi connectivity index (χ0) is 27.6. The summed E-state index contributed by atoms with van der Waals surface area (Å²) in [5, 5.41) is 8.77. The zero-order valence-corrected chi connectivity index (χ0v) is 22.5. The Labute approximate surface area is 220 Å². The number of aromatic nitrogens is 4. The highest BCUT2D eigenvalue weighted by atomic mass is 32.2. The van der Waals surface area contributed by atoms with Crippen molar-refractivity contribution in [3.05, 3.63) is 53.3 Å². The lowest BCUT2D eigenvalue weighted by Crippen LogP contribution is -2.09. The van der Waals surface area contributed by atoms with Crippen LogP contribution in [0.5, 0.6) is 17.4 Å². The predicted molar refractivity (Wildman–Crippen MR) is 136 cm³/mol. The van der Waals surface area contributed by atoms with Crippen molar-refractivity contribution in [3.63, 3.8) is 0 Å². The Bertz CT molecular complexity index is 1650. The van der Waals surface area contributed by atoms with E-state index >= 15 is 0 Å². The van der Waals surface area contributed by atoms with Crippen LogP contribution in [0.15, 0.2) is 51.5 Å². The molecule has 1 atom stereocenters. The number of aliphatic carboxylic acids is 1. The molecule has 0 amide bonds. The summed E-state index contributed by atoms with van der Waals surface area (Å²) in [6, 6.07) is 6.53. The lowest BCUT2D eigenvalue weighted by molar-refractivity contribution is -0.139. The number of benzene rings is 1. The second-order valence-electron chi connectivity index (χ2n) is 8.10. The number of pyridine rings is 2. The standard InChI is InChI=1S/C24H24N4O8S2/c1-13-10-25-17(14(2)22(13)35-4)12-37(31)24-27-21-18(9-19(34-3)26-23(21)28-24)38(32,33)16-7-5-15(6-8-16)36-11-20(29)30/h5-10H,11-12H2,1-4H3,(H,29,30)(H,26,27,28). The number of nitrogens with one attached hydrogen (secondary N) is 1. The van der Waals surface area contributed by atoms with Crippen molar-refractivity contribution in [1.29, 1.82) is 0 Å². The number of imidazole rings is 1. The highest BCUT2D eigenvalue weighted by molar-refractivity contribution is 7.91. The third-order valence-electron chi connectivity index (χ3n) is 5.61. The molecule has 4 rings (SSSR count). The van der Waals surface area contributed by atoms with Gasteiger partial charge in [0, 0.05) is 23.4 Å². The molecule has 4 aromatic rings. The first-order chi connectivity index (χ1) is 18.0. The first kappa shape index (κ1) is 27.0. The molecule has 3 aromatic heterocycles. The summed E-state index contributed by atoms with van der Waals surface area (Å²) in [6.45, 7) is 3.11. The molecule has 1 unspecified atom stereocenters. The Hall–Kier alpha value is -4.04. The van der Waals surface area contributed by atoms with E-state index in [2.05, 4.69) is 19.9 Å². The van der Waals surface area contributed by atoms with Crippen LogP contribution in [0, 0.1) is 13.8 Å². The van der Waals surface area contributed by atoms with Crippen molar-refractivity contribution >= 4 is 37.8 Å². The van der Waals surface area contributed by atoms with Crippen LogP contribution in [-0.2, 0) is 31.2 Å². The molecule has 0 aliphatic carbocycles. The van der Waals surface area contributed by atoms with E-state index in [1.807, 2.05) is 13.8 Å². The lowest BCUT2D eigenvalue weighted by atomic mass is 10.1. The Balaban J connectivity index is 1.72. The minimum absolute atomic E-state index is 0.00195. The molecular weight excluding hydrogens is 536 g/mol. The molecule has 0 fully saturated rings. The van der Waals surface area contributed by atoms with Gasteiger partial charge in [-0.05, 0) is 38.1 Å². The van der Waals surface area contributed by atoms with Crippen molar-refractivity contribution in [3.8, 4) is 17.4 Å². The second kappa shape index (κ2) is 10.8. The molecule has 1 aromatic carbocycles. The number of aryl methyl sites for hydroxylation is 1. The maximum atomic E-state index is 13.5. The van der Waals surface area contributed by atoms with Gasteiger partial charge in [0.05, 0.1) is 41.4 Å². The quantitative estimate of drug-likeness (QED) is 0.292. The van der Waals surface area contributed by atoms with Gasteiger partial charge in [-0.1, -0.05) is 0 Å². The molecule has 0 saturated carbocycles. The molecule has 3 heterocycles. The molecular formula is C24H24N4O8S2. The highest BCUT2D eigenvalue weighted by Crippen LogP contribution is 2.31. The van der Waals surface area contributed by atoms with Gasteiger partial charge in [0.2, 0.25) is 15.7 Å². The molecule has 0 radical (unpaired) electrons. The average molecular weight is 561 g/mol. The van der Waals surface area contributed by atoms with Gasteiger partial charge < -0.3 is 24.3 Å². The third kappa shape index (κ3) is 5.31. The van der Waals surface area contributed by atoms with E-state index in [0.29, 0.717) is 11.4 Å². The minimum atomic E-state index is -4.13. The summed E-state index contributed by atoms with van der Waals surface area (Å²) in [6.07, 6.45) is 1.63. The SMILES string of the molecule is COc1cc(S(=O)(=O)c2ccc(OCC(=O)O)cc2)c2[nH]c(S(=O)Cc3ncc(C)c(OC)c3C)nc2n1. The summed E-state index contributed by atoms with van der Waals surface area (Å²) in [4.78, 5) is 26.2. The highest BCUT2D eigenvalue weighted by Gasteiger charge is 2.26. The predicted octanol–water partition coefficient (Wildman–Crippen LogP) is 2.59. The van der Waals surface area contributed by atoms with Crippen molar-refractivity contribution in [2.45, 2.75) is 34.5 Å². The molecule has 0 aliphatic rings. The number of fused-ring (bicyclic) bond motifs is 1. The first-order valence-corrected chi connectivity index (χ1v) is 13.9. The fourth-order valence-electron chi connectivity index (χ4n) is 3.74. The fourth-order valence-corrected chi connectivity index (χ4v) is 6.23. The van der Waals surface area contributed by atoms with Crippen molar-refractivity contribution in [1.82, 2.24) is 19.9 Å². The van der Waals surface area contributed by atoms with E-state index in [0.717, 1.165) is 11.1 Å². The summed E-state index contributed by atoms with van der Waals surface area (Å²) in [5.74, 6) is -0.301. The van der Waals surface area contributed by atoms with E-state index in [1.165, 1.54) is 37.4 Å². The van der Waals surface area contributed by atoms with Gasteiger partial charge in [0.25, 0.3) is 0 Å². The second-order valence-corrected chi connectivity index (χ2v) is 11.4. The van der Waals surface area contributed by atoms with E-state index in [9.17, 15) is 17.4 Å². The van der Waals surface area contributed by atoms with Crippen molar-refractivity contribution < 1.29 is 36.7 Å². The number of methoxy groups -OCH3 is 2. The number of sulfone groups is 1. The number of nitrogens with zero attached hydrogens (tertiary/aromatic N) is 3. The third-order valence-corrected chi connectivity index (χ3v) is 8.56. The van der Waals surface area contributed by atoms with Gasteiger partial charge in [-0.3, -0.25) is 9.19 Å². The van der Waals surface area contributed by atoms with Crippen LogP contribution < -0.4 is 14.2 Å². The summed E-state index contributed by atoms with van der Waals surface area (Å²) in [5.41, 5.74) is 2.21. The first-order valence-electron chi connectivity index (χ1n) is 11.1. The van der Waals surface area contributed by atoms with Crippen molar-refractivity contribution in [2.75, 3.05) is 20.8 Å². The topological polar surface area (TPSA) is 171 Å². The monoisotopic (exact) mass is 560 g/mol. The number of ether oxygens (including phenoxy) is 3. The molecule has 38 heavy (non-hydrogen) atoms. The zero-order valence-electron chi connectivity index (χ0n) is 20.8. The summed E-state index contributed by atoms with van der Waals surface area (Å²) >= 11 is 0. The Morgan fingerprint density at radius 1 is 1.11 bits per heavy atom. The van der Waals surface area contributed by atoms with Gasteiger partial charge in [0.1, 0.15) is 21.9 Å². The number of H-pyrrole nitrogens is 1. The summed E-state index contributed by atoms with van der Waals surface area (Å²) < 4.78 is 56.0. The Morgan fingerprint density at radius 3 is 2.45 bits per heavy atom. The van der Waals surface area contributed by atoms with Crippen LogP contribution in [0.25, 0.3) is 11.2 Å². The number of hydrogen-bond acceptors (Lipinski definition) is 10. The van der Waals surface area contributed by atoms with E-state index in [1.54, 1.807) is 13.3 Å². The van der Waals surface area contributed by atoms with Crippen LogP contribution in [0.4, 0.5) is 0 Å². The van der Waals surface area contributed by atoms with Crippen LogP contribution in [0.3, 0.4) is 0 Å². The van der Waals surface area contributed by atoms with Gasteiger partial charge in [0.15, 0.2) is 17.4 Å². The Kier molecular flexibility index (Phi) is 7.64. The summed E-state index contributed by atoms with van der Waals surface area (Å²) in [7, 11) is -2.96. The van der Waals surface area contributed by atoms with Crippen LogP contribution >= 0.6 is 0 Å². The van der Waals surface area contributed by atoms with E-state index in [4.69, 9.17) is 19.3 Å². The lowest BCUT2D eigenvalue weighted by Gasteiger charge is -2.11. The number of hydrogen-bond donors (Lipinski definition) is 2. The smallest absolute Gasteiger partial charge is 0.341 e. The number of aromatic amines is 1. The van der Waals surface area contributed by atoms with Crippen molar-refractivity contribution in [2.24, 2.45) is 0 Å². The van der Waals surface area contributed by atoms with Crippen LogP contribution in [-0.4, -0.2) is 64.5 Å². The van der Waals surface area contributed by atoms with Crippen LogP contribution in [0.1, 0.15) is 16.8 Å². The molecule has 0 spiro atoms.